The molecule has 140 valence electrons. The van der Waals surface area contributed by atoms with Gasteiger partial charge in [-0.05, 0) is 28.1 Å². The fraction of sp³-hybridized carbons (Fsp3) is 0.462. The number of benzene rings is 1. The van der Waals surface area contributed by atoms with E-state index in [0.29, 0.717) is 12.1 Å². The first-order valence-electron chi connectivity index (χ1n) is 6.68. The van der Waals surface area contributed by atoms with E-state index in [9.17, 15) is 33.3 Å². The summed E-state index contributed by atoms with van der Waals surface area (Å²) in [5.41, 5.74) is 4.22. The molecule has 0 amide bonds. The minimum Gasteiger partial charge on any atom is -0.479 e. The average molecular weight is 432 g/mol. The van der Waals surface area contributed by atoms with Crippen molar-refractivity contribution in [2.45, 2.75) is 36.9 Å². The molecule has 0 aliphatic carbocycles. The lowest BCUT2D eigenvalue weighted by Gasteiger charge is -2.38. The summed E-state index contributed by atoms with van der Waals surface area (Å²) >= 11 is 2.83. The maximum atomic E-state index is 12.9. The maximum Gasteiger partial charge on any atom is 0.416 e. The first-order chi connectivity index (χ1) is 11.4. The first kappa shape index (κ1) is 19.7. The Kier molecular flexibility index (Phi) is 5.49. The SMILES string of the molecule is Nc1c(Br)cc(C(F)(F)F)cc1O[C@@H]1O[C@H](C(=O)O)[C@@H](O)[C@H](O)[C@H]1O. The molecule has 0 spiro atoms. The van der Waals surface area contributed by atoms with Gasteiger partial charge in [0.2, 0.25) is 6.29 Å². The molecule has 1 aromatic carbocycles. The number of hydrogen-bond donors (Lipinski definition) is 5. The molecule has 12 heteroatoms. The van der Waals surface area contributed by atoms with Crippen LogP contribution in [0.5, 0.6) is 5.75 Å². The number of nitrogens with two attached hydrogens (primary N) is 1. The number of rotatable bonds is 3. The molecular weight excluding hydrogens is 419 g/mol. The zero-order valence-corrected chi connectivity index (χ0v) is 13.7. The highest BCUT2D eigenvalue weighted by atomic mass is 79.9. The lowest BCUT2D eigenvalue weighted by Crippen LogP contribution is -2.61. The topological polar surface area (TPSA) is 142 Å². The van der Waals surface area contributed by atoms with Gasteiger partial charge in [0.05, 0.1) is 11.3 Å². The molecule has 1 saturated heterocycles. The minimum atomic E-state index is -4.72. The summed E-state index contributed by atoms with van der Waals surface area (Å²) in [4.78, 5) is 11.0. The number of anilines is 1. The number of nitrogen functional groups attached to an aromatic ring is 1. The minimum absolute atomic E-state index is 0.155. The van der Waals surface area contributed by atoms with Gasteiger partial charge in [-0.2, -0.15) is 13.2 Å². The molecule has 0 radical (unpaired) electrons. The molecular formula is C13H13BrF3NO7. The van der Waals surface area contributed by atoms with Crippen LogP contribution in [0.25, 0.3) is 0 Å². The number of aliphatic carboxylic acids is 1. The van der Waals surface area contributed by atoms with Crippen molar-refractivity contribution in [2.24, 2.45) is 0 Å². The molecule has 2 rings (SSSR count). The van der Waals surface area contributed by atoms with Gasteiger partial charge in [-0.3, -0.25) is 0 Å². The van der Waals surface area contributed by atoms with Gasteiger partial charge in [0.25, 0.3) is 0 Å². The number of aliphatic hydroxyl groups is 3. The molecule has 1 aromatic rings. The molecule has 1 aliphatic heterocycles. The van der Waals surface area contributed by atoms with Crippen molar-refractivity contribution in [3.8, 4) is 5.75 Å². The molecule has 1 aliphatic rings. The number of halogens is 4. The quantitative estimate of drug-likeness (QED) is 0.430. The number of hydrogen-bond acceptors (Lipinski definition) is 7. The molecule has 1 fully saturated rings. The smallest absolute Gasteiger partial charge is 0.416 e. The number of ether oxygens (including phenoxy) is 2. The van der Waals surface area contributed by atoms with Crippen LogP contribution in [0.15, 0.2) is 16.6 Å². The van der Waals surface area contributed by atoms with Crippen molar-refractivity contribution in [1.29, 1.82) is 0 Å². The van der Waals surface area contributed by atoms with Crippen LogP contribution in [0.4, 0.5) is 18.9 Å². The van der Waals surface area contributed by atoms with E-state index in [-0.39, 0.29) is 10.2 Å². The Morgan fingerprint density at radius 3 is 2.32 bits per heavy atom. The van der Waals surface area contributed by atoms with E-state index in [1.807, 2.05) is 0 Å². The van der Waals surface area contributed by atoms with Crippen LogP contribution in [-0.4, -0.2) is 57.1 Å². The Labute approximate surface area is 146 Å². The highest BCUT2D eigenvalue weighted by Gasteiger charge is 2.48. The summed E-state index contributed by atoms with van der Waals surface area (Å²) in [6.07, 6.45) is -14.4. The fourth-order valence-corrected chi connectivity index (χ4v) is 2.57. The third-order valence-electron chi connectivity index (χ3n) is 3.48. The lowest BCUT2D eigenvalue weighted by molar-refractivity contribution is -0.271. The zero-order chi connectivity index (χ0) is 19.1. The second kappa shape index (κ2) is 6.96. The molecule has 0 saturated carbocycles. The summed E-state index contributed by atoms with van der Waals surface area (Å²) in [7, 11) is 0. The lowest BCUT2D eigenvalue weighted by atomic mass is 9.99. The van der Waals surface area contributed by atoms with Crippen LogP contribution in [0.1, 0.15) is 5.56 Å². The van der Waals surface area contributed by atoms with Crippen LogP contribution in [0.3, 0.4) is 0 Å². The first-order valence-corrected chi connectivity index (χ1v) is 7.48. The van der Waals surface area contributed by atoms with Gasteiger partial charge in [0.1, 0.15) is 24.1 Å². The van der Waals surface area contributed by atoms with E-state index in [1.165, 1.54) is 0 Å². The zero-order valence-electron chi connectivity index (χ0n) is 12.1. The largest absolute Gasteiger partial charge is 0.479 e. The molecule has 0 bridgehead atoms. The standard InChI is InChI=1S/C13H13BrF3NO7/c14-4-1-3(13(15,16)17)2-5(6(4)18)24-12-9(21)7(19)8(20)10(25-12)11(22)23/h1-2,7-10,12,19-21H,18H2,(H,22,23)/t7-,8-,9+,10-,12+/m0/s1. The summed E-state index contributed by atoms with van der Waals surface area (Å²) in [5, 5.41) is 38.0. The van der Waals surface area contributed by atoms with E-state index >= 15 is 0 Å². The fourth-order valence-electron chi connectivity index (χ4n) is 2.13. The summed E-state index contributed by atoms with van der Waals surface area (Å²) in [6.45, 7) is 0. The highest BCUT2D eigenvalue weighted by Crippen LogP contribution is 2.39. The van der Waals surface area contributed by atoms with E-state index in [1.54, 1.807) is 0 Å². The van der Waals surface area contributed by atoms with Gasteiger partial charge in [-0.1, -0.05) is 0 Å². The van der Waals surface area contributed by atoms with E-state index in [2.05, 4.69) is 15.9 Å². The third kappa shape index (κ3) is 3.98. The summed E-state index contributed by atoms with van der Waals surface area (Å²) < 4.78 is 48.3. The molecule has 1 heterocycles. The Bertz CT molecular complexity index is 672. The molecule has 0 aromatic heterocycles. The normalized spacial score (nSPS) is 30.1. The Morgan fingerprint density at radius 1 is 1.20 bits per heavy atom. The van der Waals surface area contributed by atoms with Crippen LogP contribution >= 0.6 is 15.9 Å². The van der Waals surface area contributed by atoms with Crippen molar-refractivity contribution < 1.29 is 47.9 Å². The van der Waals surface area contributed by atoms with Gasteiger partial charge in [-0.15, -0.1) is 0 Å². The Morgan fingerprint density at radius 2 is 1.80 bits per heavy atom. The van der Waals surface area contributed by atoms with Crippen LogP contribution in [-0.2, 0) is 15.7 Å². The van der Waals surface area contributed by atoms with Crippen molar-refractivity contribution in [3.63, 3.8) is 0 Å². The van der Waals surface area contributed by atoms with Crippen molar-refractivity contribution in [1.82, 2.24) is 0 Å². The van der Waals surface area contributed by atoms with Gasteiger partial charge < -0.3 is 35.6 Å². The Balaban J connectivity index is 2.34. The number of alkyl halides is 3. The molecule has 6 N–H and O–H groups in total. The number of carboxylic acids is 1. The molecule has 5 atom stereocenters. The van der Waals surface area contributed by atoms with Gasteiger partial charge in [0, 0.05) is 4.47 Å². The molecule has 0 unspecified atom stereocenters. The maximum absolute atomic E-state index is 12.9. The summed E-state index contributed by atoms with van der Waals surface area (Å²) in [5.74, 6) is -2.22. The summed E-state index contributed by atoms with van der Waals surface area (Å²) in [6, 6.07) is 1.24. The predicted molar refractivity (Wildman–Crippen MR) is 78.5 cm³/mol. The predicted octanol–water partition coefficient (Wildman–Crippen LogP) is 0.321. The van der Waals surface area contributed by atoms with Gasteiger partial charge in [0.15, 0.2) is 6.10 Å². The number of carboxylic acid groups (broad SMARTS) is 1. The van der Waals surface area contributed by atoms with Crippen LogP contribution in [0, 0.1) is 0 Å². The third-order valence-corrected chi connectivity index (χ3v) is 4.13. The molecule has 8 nitrogen and oxygen atoms in total. The van der Waals surface area contributed by atoms with E-state index in [4.69, 9.17) is 20.3 Å². The average Bonchev–Trinajstić information content (AvgIpc) is 2.50. The number of aliphatic hydroxyl groups excluding tert-OH is 3. The van der Waals surface area contributed by atoms with Crippen molar-refractivity contribution >= 4 is 27.6 Å². The van der Waals surface area contributed by atoms with Crippen molar-refractivity contribution in [2.75, 3.05) is 5.73 Å². The highest BCUT2D eigenvalue weighted by molar-refractivity contribution is 9.10. The van der Waals surface area contributed by atoms with Gasteiger partial charge in [-0.25, -0.2) is 4.79 Å². The second-order valence-corrected chi connectivity index (χ2v) is 6.07. The Hall–Kier alpha value is -1.60. The molecule has 25 heavy (non-hydrogen) atoms. The second-order valence-electron chi connectivity index (χ2n) is 5.22. The number of carbonyl (C=O) groups is 1. The van der Waals surface area contributed by atoms with Crippen molar-refractivity contribution in [3.05, 3.63) is 22.2 Å². The van der Waals surface area contributed by atoms with Crippen LogP contribution in [0.2, 0.25) is 0 Å². The van der Waals surface area contributed by atoms with Gasteiger partial charge >= 0.3 is 12.1 Å². The monoisotopic (exact) mass is 431 g/mol. The van der Waals surface area contributed by atoms with E-state index in [0.717, 1.165) is 0 Å². The van der Waals surface area contributed by atoms with E-state index < -0.39 is 54.2 Å². The van der Waals surface area contributed by atoms with Crippen LogP contribution < -0.4 is 10.5 Å².